The summed E-state index contributed by atoms with van der Waals surface area (Å²) in [5, 5.41) is 11.3. The molecule has 5 heteroatoms. The van der Waals surface area contributed by atoms with Gasteiger partial charge in [0.1, 0.15) is 0 Å². The topological polar surface area (TPSA) is 92.4 Å². The Balaban J connectivity index is 2.52. The molecule has 1 aromatic carbocycles. The van der Waals surface area contributed by atoms with E-state index in [4.69, 9.17) is 10.8 Å². The van der Waals surface area contributed by atoms with Crippen molar-refractivity contribution in [3.05, 3.63) is 35.4 Å². The van der Waals surface area contributed by atoms with Crippen LogP contribution < -0.4 is 11.1 Å². The van der Waals surface area contributed by atoms with Gasteiger partial charge in [0.25, 0.3) is 0 Å². The summed E-state index contributed by atoms with van der Waals surface area (Å²) in [5.41, 5.74) is 7.38. The van der Waals surface area contributed by atoms with Gasteiger partial charge in [0.15, 0.2) is 0 Å². The van der Waals surface area contributed by atoms with E-state index >= 15 is 0 Å². The molecule has 1 unspecified atom stereocenters. The zero-order valence-electron chi connectivity index (χ0n) is 10.3. The number of hydrogen-bond acceptors (Lipinski definition) is 3. The molecule has 1 aromatic rings. The molecule has 0 heterocycles. The Labute approximate surface area is 106 Å². The van der Waals surface area contributed by atoms with Crippen molar-refractivity contribution >= 4 is 11.9 Å². The molecule has 1 amide bonds. The van der Waals surface area contributed by atoms with E-state index in [1.165, 1.54) is 0 Å². The number of amides is 1. The number of carbonyl (C=O) groups excluding carboxylic acids is 1. The second kappa shape index (κ2) is 6.76. The Morgan fingerprint density at radius 1 is 1.33 bits per heavy atom. The van der Waals surface area contributed by atoms with Gasteiger partial charge in [-0.05, 0) is 11.1 Å². The second-order valence-corrected chi connectivity index (χ2v) is 4.19. The summed E-state index contributed by atoms with van der Waals surface area (Å²) in [7, 11) is 0. The summed E-state index contributed by atoms with van der Waals surface area (Å²) >= 11 is 0. The van der Waals surface area contributed by atoms with Crippen LogP contribution in [0.25, 0.3) is 0 Å². The molecule has 0 saturated carbocycles. The van der Waals surface area contributed by atoms with E-state index in [0.29, 0.717) is 6.54 Å². The average Bonchev–Trinajstić information content (AvgIpc) is 2.36. The molecule has 0 aliphatic rings. The Kier molecular flexibility index (Phi) is 5.32. The van der Waals surface area contributed by atoms with Crippen LogP contribution in [0.2, 0.25) is 0 Å². The van der Waals surface area contributed by atoms with Crippen LogP contribution in [0.3, 0.4) is 0 Å². The first-order chi connectivity index (χ1) is 8.54. The Hall–Kier alpha value is -1.88. The third-order valence-corrected chi connectivity index (χ3v) is 2.72. The van der Waals surface area contributed by atoms with E-state index in [9.17, 15) is 9.59 Å². The van der Waals surface area contributed by atoms with Gasteiger partial charge in [-0.25, -0.2) is 0 Å². The quantitative estimate of drug-likeness (QED) is 0.686. The van der Waals surface area contributed by atoms with E-state index < -0.39 is 11.9 Å². The highest BCUT2D eigenvalue weighted by atomic mass is 16.4. The Morgan fingerprint density at radius 2 is 1.94 bits per heavy atom. The first-order valence-electron chi connectivity index (χ1n) is 5.81. The van der Waals surface area contributed by atoms with Crippen LogP contribution >= 0.6 is 0 Å². The number of hydrogen-bond donors (Lipinski definition) is 3. The molecule has 18 heavy (non-hydrogen) atoms. The SMILES string of the molecule is CC(CNC(=O)Cc1ccccc1CN)C(=O)O. The summed E-state index contributed by atoms with van der Waals surface area (Å²) in [6.45, 7) is 2.07. The lowest BCUT2D eigenvalue weighted by Crippen LogP contribution is -2.32. The summed E-state index contributed by atoms with van der Waals surface area (Å²) < 4.78 is 0. The highest BCUT2D eigenvalue weighted by Gasteiger charge is 2.13. The molecule has 1 rings (SSSR count). The maximum Gasteiger partial charge on any atom is 0.308 e. The smallest absolute Gasteiger partial charge is 0.308 e. The fourth-order valence-corrected chi connectivity index (χ4v) is 1.52. The molecule has 0 saturated heterocycles. The van der Waals surface area contributed by atoms with Crippen molar-refractivity contribution in [2.75, 3.05) is 6.54 Å². The van der Waals surface area contributed by atoms with Gasteiger partial charge in [0.2, 0.25) is 5.91 Å². The predicted octanol–water partition coefficient (Wildman–Crippen LogP) is 0.525. The fraction of sp³-hybridized carbons (Fsp3) is 0.385. The van der Waals surface area contributed by atoms with Gasteiger partial charge >= 0.3 is 5.97 Å². The normalized spacial score (nSPS) is 11.9. The van der Waals surface area contributed by atoms with Crippen LogP contribution in [0.15, 0.2) is 24.3 Å². The van der Waals surface area contributed by atoms with Crippen molar-refractivity contribution in [3.8, 4) is 0 Å². The van der Waals surface area contributed by atoms with E-state index in [1.54, 1.807) is 6.92 Å². The number of nitrogens with one attached hydrogen (secondary N) is 1. The van der Waals surface area contributed by atoms with Crippen LogP contribution in [0.5, 0.6) is 0 Å². The van der Waals surface area contributed by atoms with Crippen molar-refractivity contribution in [1.82, 2.24) is 5.32 Å². The lowest BCUT2D eigenvalue weighted by atomic mass is 10.0. The molecule has 0 bridgehead atoms. The van der Waals surface area contributed by atoms with E-state index in [1.807, 2.05) is 24.3 Å². The van der Waals surface area contributed by atoms with Gasteiger partial charge in [-0.1, -0.05) is 31.2 Å². The number of carboxylic acids is 1. The number of carbonyl (C=O) groups is 2. The lowest BCUT2D eigenvalue weighted by Gasteiger charge is -2.10. The third-order valence-electron chi connectivity index (χ3n) is 2.72. The first kappa shape index (κ1) is 14.2. The van der Waals surface area contributed by atoms with Crippen LogP contribution in [-0.2, 0) is 22.6 Å². The number of carboxylic acid groups (broad SMARTS) is 1. The highest BCUT2D eigenvalue weighted by Crippen LogP contribution is 2.08. The number of rotatable bonds is 6. The number of benzene rings is 1. The fourth-order valence-electron chi connectivity index (χ4n) is 1.52. The first-order valence-corrected chi connectivity index (χ1v) is 5.81. The summed E-state index contributed by atoms with van der Waals surface area (Å²) in [5.74, 6) is -1.69. The molecule has 4 N–H and O–H groups in total. The maximum absolute atomic E-state index is 11.7. The number of aliphatic carboxylic acids is 1. The van der Waals surface area contributed by atoms with Gasteiger partial charge in [0, 0.05) is 13.1 Å². The van der Waals surface area contributed by atoms with Crippen molar-refractivity contribution < 1.29 is 14.7 Å². The van der Waals surface area contributed by atoms with Gasteiger partial charge < -0.3 is 16.2 Å². The van der Waals surface area contributed by atoms with Crippen molar-refractivity contribution in [3.63, 3.8) is 0 Å². The summed E-state index contributed by atoms with van der Waals surface area (Å²) in [4.78, 5) is 22.3. The second-order valence-electron chi connectivity index (χ2n) is 4.19. The van der Waals surface area contributed by atoms with Crippen molar-refractivity contribution in [2.24, 2.45) is 11.7 Å². The molecule has 0 radical (unpaired) electrons. The zero-order chi connectivity index (χ0) is 13.5. The van der Waals surface area contributed by atoms with Gasteiger partial charge in [-0.3, -0.25) is 9.59 Å². The summed E-state index contributed by atoms with van der Waals surface area (Å²) in [6.07, 6.45) is 0.222. The van der Waals surface area contributed by atoms with Gasteiger partial charge in [-0.15, -0.1) is 0 Å². The van der Waals surface area contributed by atoms with Crippen LogP contribution in [0.4, 0.5) is 0 Å². The molecular weight excluding hydrogens is 232 g/mol. The zero-order valence-corrected chi connectivity index (χ0v) is 10.3. The minimum Gasteiger partial charge on any atom is -0.481 e. The van der Waals surface area contributed by atoms with Crippen LogP contribution in [0, 0.1) is 5.92 Å². The molecule has 98 valence electrons. The maximum atomic E-state index is 11.7. The molecule has 0 aliphatic heterocycles. The van der Waals surface area contributed by atoms with Crippen molar-refractivity contribution in [2.45, 2.75) is 19.9 Å². The highest BCUT2D eigenvalue weighted by molar-refractivity contribution is 5.79. The molecule has 0 aromatic heterocycles. The molecule has 0 fully saturated rings. The number of nitrogens with two attached hydrogens (primary N) is 1. The van der Waals surface area contributed by atoms with E-state index in [0.717, 1.165) is 11.1 Å². The third kappa shape index (κ3) is 4.18. The van der Waals surface area contributed by atoms with Crippen molar-refractivity contribution in [1.29, 1.82) is 0 Å². The average molecular weight is 250 g/mol. The summed E-state index contributed by atoms with van der Waals surface area (Å²) in [6, 6.07) is 7.45. The van der Waals surface area contributed by atoms with Crippen LogP contribution in [-0.4, -0.2) is 23.5 Å². The Bertz CT molecular complexity index is 432. The molecule has 0 aliphatic carbocycles. The standard InChI is InChI=1S/C13H18N2O3/c1-9(13(17)18)8-15-12(16)6-10-4-2-3-5-11(10)7-14/h2-5,9H,6-8,14H2,1H3,(H,15,16)(H,17,18). The largest absolute Gasteiger partial charge is 0.481 e. The van der Waals surface area contributed by atoms with Crippen LogP contribution in [0.1, 0.15) is 18.1 Å². The van der Waals surface area contributed by atoms with Gasteiger partial charge in [0.05, 0.1) is 12.3 Å². The van der Waals surface area contributed by atoms with E-state index in [2.05, 4.69) is 5.32 Å². The lowest BCUT2D eigenvalue weighted by molar-refractivity contribution is -0.141. The molecule has 1 atom stereocenters. The molecular formula is C13H18N2O3. The minimum absolute atomic E-state index is 0.138. The Morgan fingerprint density at radius 3 is 2.50 bits per heavy atom. The predicted molar refractivity (Wildman–Crippen MR) is 67.8 cm³/mol. The molecule has 5 nitrogen and oxygen atoms in total. The monoisotopic (exact) mass is 250 g/mol. The van der Waals surface area contributed by atoms with Gasteiger partial charge in [-0.2, -0.15) is 0 Å². The minimum atomic E-state index is -0.919. The molecule has 0 spiro atoms. The van der Waals surface area contributed by atoms with E-state index in [-0.39, 0.29) is 18.9 Å².